The van der Waals surface area contributed by atoms with Crippen LogP contribution in [0.3, 0.4) is 0 Å². The van der Waals surface area contributed by atoms with E-state index in [2.05, 4.69) is 72.6 Å². The maximum Gasteiger partial charge on any atom is 0.225 e. The van der Waals surface area contributed by atoms with Gasteiger partial charge in [0, 0.05) is 50.1 Å². The molecule has 0 aromatic heterocycles. The van der Waals surface area contributed by atoms with E-state index in [4.69, 9.17) is 0 Å². The molecule has 4 rings (SSSR count). The van der Waals surface area contributed by atoms with Crippen LogP contribution in [0.1, 0.15) is 80.1 Å². The minimum absolute atomic E-state index is 0.108. The summed E-state index contributed by atoms with van der Waals surface area (Å²) in [5.74, 6) is 0.476. The molecule has 4 fully saturated rings. The summed E-state index contributed by atoms with van der Waals surface area (Å²) in [6, 6.07) is 0. The van der Waals surface area contributed by atoms with E-state index in [1.165, 1.54) is 0 Å². The normalized spacial score (nSPS) is 32.5. The van der Waals surface area contributed by atoms with Crippen molar-refractivity contribution in [1.29, 1.82) is 0 Å². The Labute approximate surface area is 194 Å². The van der Waals surface area contributed by atoms with Crippen molar-refractivity contribution in [3.8, 4) is 0 Å². The average molecular weight is 451 g/mol. The fourth-order valence-corrected chi connectivity index (χ4v) is 5.74. The van der Waals surface area contributed by atoms with E-state index in [0.29, 0.717) is 12.8 Å². The molecule has 8 heteroatoms. The molecule has 2 unspecified atom stereocenters. The molecule has 4 aliphatic heterocycles. The van der Waals surface area contributed by atoms with Gasteiger partial charge in [0.25, 0.3) is 0 Å². The maximum atomic E-state index is 12.2. The first-order chi connectivity index (χ1) is 14.9. The highest BCUT2D eigenvalue weighted by Crippen LogP contribution is 2.32. The Balaban J connectivity index is 0.000000181. The first-order valence-electron chi connectivity index (χ1n) is 12.5. The van der Waals surface area contributed by atoms with E-state index in [9.17, 15) is 9.59 Å². The van der Waals surface area contributed by atoms with E-state index >= 15 is 0 Å². The number of rotatable bonds is 0. The van der Waals surface area contributed by atoms with Gasteiger partial charge in [-0.3, -0.25) is 25.1 Å². The number of hydrogen-bond donors (Lipinski definition) is 4. The number of nitrogens with one attached hydrogen (secondary N) is 4. The van der Waals surface area contributed by atoms with Crippen molar-refractivity contribution in [3.05, 3.63) is 0 Å². The Bertz CT molecular complexity index is 667. The lowest BCUT2D eigenvalue weighted by Crippen LogP contribution is -2.74. The number of hydrogen-bond acceptors (Lipinski definition) is 6. The molecule has 0 radical (unpaired) electrons. The highest BCUT2D eigenvalue weighted by molar-refractivity contribution is 5.79. The van der Waals surface area contributed by atoms with Gasteiger partial charge >= 0.3 is 0 Å². The van der Waals surface area contributed by atoms with Crippen LogP contribution in [0.25, 0.3) is 0 Å². The Morgan fingerprint density at radius 3 is 2.16 bits per heavy atom. The van der Waals surface area contributed by atoms with Crippen LogP contribution in [0, 0.1) is 0 Å². The van der Waals surface area contributed by atoms with Crippen molar-refractivity contribution < 1.29 is 9.59 Å². The van der Waals surface area contributed by atoms with Crippen molar-refractivity contribution in [2.45, 2.75) is 102 Å². The Morgan fingerprint density at radius 1 is 0.844 bits per heavy atom. The van der Waals surface area contributed by atoms with Crippen molar-refractivity contribution in [2.24, 2.45) is 0 Å². The van der Waals surface area contributed by atoms with Gasteiger partial charge in [0.2, 0.25) is 11.8 Å². The minimum atomic E-state index is -0.166. The standard InChI is InChI=1S/2C12H23N3O/c1-11(2,3)15-8-4-6-12(9-15)13-7-5-10(16)14-12;1-11(2,3)15-10(16)5-8-14-12(15)6-4-7-13-9-12/h13H,4-9H2,1-3H3,(H,14,16);13-14H,4-9H2,1-3H3. The first-order valence-corrected chi connectivity index (χ1v) is 12.5. The summed E-state index contributed by atoms with van der Waals surface area (Å²) in [6.07, 6.45) is 5.61. The molecule has 0 aliphatic carbocycles. The number of likely N-dealkylation sites (tertiary alicyclic amines) is 1. The van der Waals surface area contributed by atoms with Gasteiger partial charge in [0.1, 0.15) is 11.3 Å². The number of piperidine rings is 2. The molecular weight excluding hydrogens is 404 g/mol. The van der Waals surface area contributed by atoms with Crippen molar-refractivity contribution in [1.82, 2.24) is 31.1 Å². The van der Waals surface area contributed by atoms with Gasteiger partial charge < -0.3 is 15.5 Å². The molecule has 0 bridgehead atoms. The van der Waals surface area contributed by atoms with Crippen molar-refractivity contribution in [3.63, 3.8) is 0 Å². The third-order valence-electron chi connectivity index (χ3n) is 7.14. The topological polar surface area (TPSA) is 88.7 Å². The average Bonchev–Trinajstić information content (AvgIpc) is 2.67. The molecule has 0 aromatic carbocycles. The SMILES string of the molecule is CC(C)(C)N1C(=O)CCNC12CCCNC2.CC(C)(C)N1CCCC2(C1)NCCC(=O)N2. The quantitative estimate of drug-likeness (QED) is 0.446. The van der Waals surface area contributed by atoms with Crippen LogP contribution in [0.5, 0.6) is 0 Å². The molecule has 8 nitrogen and oxygen atoms in total. The van der Waals surface area contributed by atoms with Crippen LogP contribution in [0.2, 0.25) is 0 Å². The fourth-order valence-electron chi connectivity index (χ4n) is 5.74. The van der Waals surface area contributed by atoms with Gasteiger partial charge in [-0.05, 0) is 80.3 Å². The zero-order valence-electron chi connectivity index (χ0n) is 21.2. The number of carbonyl (C=O) groups is 2. The second kappa shape index (κ2) is 9.57. The second-order valence-corrected chi connectivity index (χ2v) is 11.9. The molecule has 0 saturated carbocycles. The monoisotopic (exact) mass is 450 g/mol. The molecule has 2 spiro atoms. The van der Waals surface area contributed by atoms with Crippen molar-refractivity contribution >= 4 is 11.8 Å². The largest absolute Gasteiger partial charge is 0.337 e. The van der Waals surface area contributed by atoms with Crippen LogP contribution in [-0.4, -0.2) is 83.3 Å². The highest BCUT2D eigenvalue weighted by atomic mass is 16.2. The van der Waals surface area contributed by atoms with Gasteiger partial charge in [-0.15, -0.1) is 0 Å². The minimum Gasteiger partial charge on any atom is -0.337 e. The van der Waals surface area contributed by atoms with Gasteiger partial charge in [0.05, 0.1) is 0 Å². The summed E-state index contributed by atoms with van der Waals surface area (Å²) in [7, 11) is 0. The summed E-state index contributed by atoms with van der Waals surface area (Å²) in [4.78, 5) is 28.2. The molecule has 0 aromatic rings. The Morgan fingerprint density at radius 2 is 1.56 bits per heavy atom. The molecule has 2 amide bonds. The summed E-state index contributed by atoms with van der Waals surface area (Å²) in [5, 5.41) is 13.6. The Hall–Kier alpha value is -1.22. The predicted molar refractivity (Wildman–Crippen MR) is 128 cm³/mol. The number of amides is 2. The van der Waals surface area contributed by atoms with Gasteiger partial charge in [-0.25, -0.2) is 0 Å². The summed E-state index contributed by atoms with van der Waals surface area (Å²) in [6.45, 7) is 18.7. The maximum absolute atomic E-state index is 12.2. The smallest absolute Gasteiger partial charge is 0.225 e. The first kappa shape index (κ1) is 25.4. The van der Waals surface area contributed by atoms with E-state index in [1.807, 2.05) is 0 Å². The Kier molecular flexibility index (Phi) is 7.59. The van der Waals surface area contributed by atoms with Gasteiger partial charge in [-0.1, -0.05) is 0 Å². The van der Waals surface area contributed by atoms with Crippen molar-refractivity contribution in [2.75, 3.05) is 39.3 Å². The molecule has 4 aliphatic rings. The molecule has 2 atom stereocenters. The van der Waals surface area contributed by atoms with E-state index < -0.39 is 0 Å². The zero-order valence-corrected chi connectivity index (χ0v) is 21.2. The van der Waals surface area contributed by atoms with E-state index in [0.717, 1.165) is 65.0 Å². The third kappa shape index (κ3) is 5.82. The molecular formula is C24H46N6O2. The third-order valence-corrected chi connectivity index (χ3v) is 7.14. The van der Waals surface area contributed by atoms with Gasteiger partial charge in [0.15, 0.2) is 0 Å². The molecule has 4 heterocycles. The second-order valence-electron chi connectivity index (χ2n) is 11.9. The predicted octanol–water partition coefficient (Wildman–Crippen LogP) is 1.37. The summed E-state index contributed by atoms with van der Waals surface area (Å²) in [5.41, 5.74) is -0.243. The van der Waals surface area contributed by atoms with E-state index in [-0.39, 0.29) is 34.2 Å². The van der Waals surface area contributed by atoms with Gasteiger partial charge in [-0.2, -0.15) is 0 Å². The molecule has 4 N–H and O–H groups in total. The molecule has 32 heavy (non-hydrogen) atoms. The fraction of sp³-hybridized carbons (Fsp3) is 0.917. The van der Waals surface area contributed by atoms with Crippen LogP contribution in [-0.2, 0) is 9.59 Å². The number of nitrogens with zero attached hydrogens (tertiary/aromatic N) is 2. The molecule has 4 saturated heterocycles. The lowest BCUT2D eigenvalue weighted by atomic mass is 9.89. The van der Waals surface area contributed by atoms with E-state index in [1.54, 1.807) is 0 Å². The highest BCUT2D eigenvalue weighted by Gasteiger charge is 2.47. The number of carbonyl (C=O) groups excluding carboxylic acids is 2. The lowest BCUT2D eigenvalue weighted by molar-refractivity contribution is -0.154. The zero-order chi connectivity index (χ0) is 23.6. The van der Waals surface area contributed by atoms with Crippen LogP contribution in [0.4, 0.5) is 0 Å². The lowest BCUT2D eigenvalue weighted by Gasteiger charge is -2.55. The van der Waals surface area contributed by atoms with Crippen LogP contribution < -0.4 is 21.3 Å². The summed E-state index contributed by atoms with van der Waals surface area (Å²) < 4.78 is 0. The summed E-state index contributed by atoms with van der Waals surface area (Å²) >= 11 is 0. The molecule has 184 valence electrons. The van der Waals surface area contributed by atoms with Crippen LogP contribution in [0.15, 0.2) is 0 Å². The van der Waals surface area contributed by atoms with Crippen LogP contribution >= 0.6 is 0 Å².